The minimum atomic E-state index is 1.17. The lowest BCUT2D eigenvalue weighted by atomic mass is 10.2. The van der Waals surface area contributed by atoms with Crippen LogP contribution in [0.2, 0.25) is 0 Å². The summed E-state index contributed by atoms with van der Waals surface area (Å²) in [7, 11) is 0. The third-order valence-electron chi connectivity index (χ3n) is 2.45. The zero-order valence-electron chi connectivity index (χ0n) is 8.89. The van der Waals surface area contributed by atoms with Crippen molar-refractivity contribution >= 4 is 60.8 Å². The number of hydrogen-bond donors (Lipinski definition) is 0. The molecule has 17 heavy (non-hydrogen) atoms. The van der Waals surface area contributed by atoms with Crippen molar-refractivity contribution in [3.8, 4) is 0 Å². The van der Waals surface area contributed by atoms with Gasteiger partial charge in [-0.3, -0.25) is 0 Å². The first kappa shape index (κ1) is 11.2. The van der Waals surface area contributed by atoms with Crippen molar-refractivity contribution in [2.75, 3.05) is 0 Å². The summed E-state index contributed by atoms with van der Waals surface area (Å²) in [6, 6.07) is 14.9. The Bertz CT molecular complexity index is 643. The summed E-state index contributed by atoms with van der Waals surface area (Å²) in [5, 5.41) is 1.32. The van der Waals surface area contributed by atoms with Gasteiger partial charge in [0.1, 0.15) is 0 Å². The first-order chi connectivity index (χ1) is 8.31. The zero-order valence-corrected chi connectivity index (χ0v) is 12.1. The van der Waals surface area contributed by atoms with Crippen molar-refractivity contribution in [2.24, 2.45) is 0 Å². The fourth-order valence-corrected chi connectivity index (χ4v) is 3.96. The molecule has 0 saturated heterocycles. The molecule has 84 valence electrons. The van der Waals surface area contributed by atoms with Crippen LogP contribution >= 0.6 is 38.6 Å². The minimum Gasteiger partial charge on any atom is -0.136 e. The average Bonchev–Trinajstić information content (AvgIpc) is 2.91. The van der Waals surface area contributed by atoms with Crippen LogP contribution in [0.4, 0.5) is 0 Å². The Morgan fingerprint density at radius 3 is 2.47 bits per heavy atom. The van der Waals surface area contributed by atoms with E-state index < -0.39 is 0 Å². The molecule has 0 unspecified atom stereocenters. The Morgan fingerprint density at radius 1 is 0.882 bits per heavy atom. The largest absolute Gasteiger partial charge is 0.136 e. The summed E-state index contributed by atoms with van der Waals surface area (Å²) < 4.78 is 2.52. The molecular weight excluding hydrogens is 312 g/mol. The predicted molar refractivity (Wildman–Crippen MR) is 82.8 cm³/mol. The zero-order chi connectivity index (χ0) is 11.7. The van der Waals surface area contributed by atoms with Crippen molar-refractivity contribution in [3.63, 3.8) is 0 Å². The van der Waals surface area contributed by atoms with Gasteiger partial charge in [-0.1, -0.05) is 18.2 Å². The number of rotatable bonds is 2. The summed E-state index contributed by atoms with van der Waals surface area (Å²) in [5.74, 6) is 0. The summed E-state index contributed by atoms with van der Waals surface area (Å²) in [5.41, 5.74) is 0. The van der Waals surface area contributed by atoms with Gasteiger partial charge in [-0.15, -0.1) is 22.7 Å². The Morgan fingerprint density at radius 2 is 1.71 bits per heavy atom. The van der Waals surface area contributed by atoms with Gasteiger partial charge in [0, 0.05) is 14.5 Å². The molecule has 3 heteroatoms. The molecule has 0 nitrogen and oxygen atoms in total. The van der Waals surface area contributed by atoms with E-state index in [4.69, 9.17) is 0 Å². The maximum atomic E-state index is 3.47. The Kier molecular flexibility index (Phi) is 3.14. The summed E-state index contributed by atoms with van der Waals surface area (Å²) in [6.07, 6.45) is 4.35. The van der Waals surface area contributed by atoms with E-state index in [-0.39, 0.29) is 0 Å². The van der Waals surface area contributed by atoms with Gasteiger partial charge in [-0.2, -0.15) is 0 Å². The molecule has 0 aliphatic heterocycles. The van der Waals surface area contributed by atoms with Gasteiger partial charge < -0.3 is 0 Å². The second-order valence-corrected chi connectivity index (χ2v) is 7.27. The highest BCUT2D eigenvalue weighted by Crippen LogP contribution is 2.28. The standard InChI is InChI=1S/C14H9BrS2/c15-14-8-7-11(17-14)5-6-12-9-10-3-1-2-4-13(10)16-12/h1-9H/b6-5+. The van der Waals surface area contributed by atoms with Crippen LogP contribution < -0.4 is 0 Å². The van der Waals surface area contributed by atoms with E-state index in [9.17, 15) is 0 Å². The van der Waals surface area contributed by atoms with Crippen LogP contribution in [-0.2, 0) is 0 Å². The molecule has 0 radical (unpaired) electrons. The first-order valence-electron chi connectivity index (χ1n) is 5.23. The molecule has 1 aromatic carbocycles. The van der Waals surface area contributed by atoms with Crippen LogP contribution in [0.1, 0.15) is 9.75 Å². The monoisotopic (exact) mass is 320 g/mol. The van der Waals surface area contributed by atoms with E-state index in [0.717, 1.165) is 0 Å². The van der Waals surface area contributed by atoms with Crippen molar-refractivity contribution in [2.45, 2.75) is 0 Å². The molecule has 0 fully saturated rings. The summed E-state index contributed by atoms with van der Waals surface area (Å²) in [6.45, 7) is 0. The topological polar surface area (TPSA) is 0 Å². The van der Waals surface area contributed by atoms with Crippen molar-refractivity contribution in [1.29, 1.82) is 0 Å². The molecule has 0 amide bonds. The lowest BCUT2D eigenvalue weighted by Crippen LogP contribution is -1.58. The summed E-state index contributed by atoms with van der Waals surface area (Å²) >= 11 is 7.05. The van der Waals surface area contributed by atoms with E-state index in [1.807, 2.05) is 11.3 Å². The van der Waals surface area contributed by atoms with Crippen molar-refractivity contribution < 1.29 is 0 Å². The molecule has 2 aromatic heterocycles. The first-order valence-corrected chi connectivity index (χ1v) is 7.66. The van der Waals surface area contributed by atoms with E-state index >= 15 is 0 Å². The maximum Gasteiger partial charge on any atom is 0.0704 e. The van der Waals surface area contributed by atoms with Gasteiger partial charge in [0.05, 0.1) is 3.79 Å². The highest BCUT2D eigenvalue weighted by atomic mass is 79.9. The van der Waals surface area contributed by atoms with Gasteiger partial charge in [0.2, 0.25) is 0 Å². The van der Waals surface area contributed by atoms with Gasteiger partial charge >= 0.3 is 0 Å². The lowest BCUT2D eigenvalue weighted by Gasteiger charge is -1.83. The predicted octanol–water partition coefficient (Wildman–Crippen LogP) is 5.90. The molecule has 0 saturated carbocycles. The average molecular weight is 321 g/mol. The van der Waals surface area contributed by atoms with E-state index in [1.54, 1.807) is 11.3 Å². The third kappa shape index (κ3) is 2.51. The SMILES string of the molecule is Brc1ccc(/C=C/c2cc3ccccc3s2)s1. The Hall–Kier alpha value is -0.900. The molecule has 0 atom stereocenters. The molecule has 0 spiro atoms. The van der Waals surface area contributed by atoms with Gasteiger partial charge in [0.25, 0.3) is 0 Å². The Labute approximate surface area is 116 Å². The quantitative estimate of drug-likeness (QED) is 0.551. The van der Waals surface area contributed by atoms with Gasteiger partial charge in [-0.25, -0.2) is 0 Å². The number of halogens is 1. The number of benzene rings is 1. The molecule has 3 aromatic rings. The van der Waals surface area contributed by atoms with Crippen LogP contribution in [0.3, 0.4) is 0 Å². The number of hydrogen-bond acceptors (Lipinski definition) is 2. The second kappa shape index (κ2) is 4.77. The smallest absolute Gasteiger partial charge is 0.0704 e. The van der Waals surface area contributed by atoms with Crippen molar-refractivity contribution in [1.82, 2.24) is 0 Å². The Balaban J connectivity index is 1.92. The van der Waals surface area contributed by atoms with Gasteiger partial charge in [0.15, 0.2) is 0 Å². The number of fused-ring (bicyclic) bond motifs is 1. The molecule has 3 rings (SSSR count). The maximum absolute atomic E-state index is 3.47. The normalized spacial score (nSPS) is 11.6. The van der Waals surface area contributed by atoms with Gasteiger partial charge in [-0.05, 0) is 57.7 Å². The second-order valence-electron chi connectivity index (χ2n) is 3.66. The highest BCUT2D eigenvalue weighted by Gasteiger charge is 1.98. The van der Waals surface area contributed by atoms with Crippen LogP contribution in [-0.4, -0.2) is 0 Å². The van der Waals surface area contributed by atoms with Crippen LogP contribution in [0, 0.1) is 0 Å². The lowest BCUT2D eigenvalue weighted by molar-refractivity contribution is 1.85. The highest BCUT2D eigenvalue weighted by molar-refractivity contribution is 9.11. The summed E-state index contributed by atoms with van der Waals surface area (Å²) in [4.78, 5) is 2.57. The molecule has 0 aliphatic rings. The van der Waals surface area contributed by atoms with E-state index in [2.05, 4.69) is 70.5 Å². The van der Waals surface area contributed by atoms with Crippen LogP contribution in [0.25, 0.3) is 22.2 Å². The van der Waals surface area contributed by atoms with Crippen LogP contribution in [0.5, 0.6) is 0 Å². The molecular formula is C14H9BrS2. The van der Waals surface area contributed by atoms with E-state index in [1.165, 1.54) is 23.6 Å². The van der Waals surface area contributed by atoms with Crippen molar-refractivity contribution in [3.05, 3.63) is 56.0 Å². The molecule has 0 aliphatic carbocycles. The number of thiophene rings is 2. The fourth-order valence-electron chi connectivity index (χ4n) is 1.67. The third-order valence-corrected chi connectivity index (χ3v) is 5.12. The molecule has 0 N–H and O–H groups in total. The van der Waals surface area contributed by atoms with E-state index in [0.29, 0.717) is 0 Å². The minimum absolute atomic E-state index is 1.17. The molecule has 0 bridgehead atoms. The van der Waals surface area contributed by atoms with Crippen LogP contribution in [0.15, 0.2) is 46.3 Å². The molecule has 2 heterocycles. The fraction of sp³-hybridized carbons (Fsp3) is 0.